The van der Waals surface area contributed by atoms with Crippen molar-refractivity contribution in [3.63, 3.8) is 0 Å². The number of anilines is 2. The van der Waals surface area contributed by atoms with Gasteiger partial charge in [0.05, 0.1) is 24.3 Å². The lowest BCUT2D eigenvalue weighted by atomic mass is 10.1. The summed E-state index contributed by atoms with van der Waals surface area (Å²) in [6.07, 6.45) is 0. The van der Waals surface area contributed by atoms with Gasteiger partial charge in [-0.2, -0.15) is 0 Å². The summed E-state index contributed by atoms with van der Waals surface area (Å²) in [5.74, 6) is -0.0253. The van der Waals surface area contributed by atoms with Crippen LogP contribution in [0.4, 0.5) is 11.5 Å². The van der Waals surface area contributed by atoms with Gasteiger partial charge in [0.2, 0.25) is 11.8 Å². The van der Waals surface area contributed by atoms with E-state index < -0.39 is 0 Å². The second kappa shape index (κ2) is 11.1. The summed E-state index contributed by atoms with van der Waals surface area (Å²) in [4.78, 5) is 42.8. The summed E-state index contributed by atoms with van der Waals surface area (Å²) in [6.45, 7) is 6.43. The largest absolute Gasteiger partial charge is 0.352 e. The van der Waals surface area contributed by atoms with Crippen LogP contribution in [0.3, 0.4) is 0 Å². The molecule has 1 aromatic heterocycles. The molecule has 8 heteroatoms. The van der Waals surface area contributed by atoms with Gasteiger partial charge >= 0.3 is 0 Å². The van der Waals surface area contributed by atoms with Gasteiger partial charge in [-0.25, -0.2) is 4.98 Å². The number of amides is 3. The highest BCUT2D eigenvalue weighted by molar-refractivity contribution is 6.04. The smallest absolute Gasteiger partial charge is 0.253 e. The topological polar surface area (TPSA) is 103 Å². The molecule has 30 heavy (non-hydrogen) atoms. The average molecular weight is 412 g/mol. The highest BCUT2D eigenvalue weighted by atomic mass is 16.2. The molecule has 0 aliphatic carbocycles. The molecule has 0 fully saturated rings. The van der Waals surface area contributed by atoms with Crippen molar-refractivity contribution >= 4 is 29.2 Å². The highest BCUT2D eigenvalue weighted by Gasteiger charge is 2.15. The van der Waals surface area contributed by atoms with E-state index in [1.165, 1.54) is 0 Å². The van der Waals surface area contributed by atoms with Crippen molar-refractivity contribution in [2.75, 3.05) is 37.3 Å². The number of likely N-dealkylation sites (N-methyl/N-ethyl adjacent to an activating group) is 1. The maximum absolute atomic E-state index is 12.4. The summed E-state index contributed by atoms with van der Waals surface area (Å²) in [5, 5.41) is 8.31. The van der Waals surface area contributed by atoms with Crippen molar-refractivity contribution in [3.8, 4) is 0 Å². The zero-order valence-electron chi connectivity index (χ0n) is 17.9. The third kappa shape index (κ3) is 7.63. The van der Waals surface area contributed by atoms with Gasteiger partial charge in [-0.3, -0.25) is 19.3 Å². The lowest BCUT2D eigenvalue weighted by Crippen LogP contribution is -2.36. The zero-order valence-corrected chi connectivity index (χ0v) is 17.9. The van der Waals surface area contributed by atoms with Gasteiger partial charge in [-0.15, -0.1) is 0 Å². The van der Waals surface area contributed by atoms with E-state index >= 15 is 0 Å². The van der Waals surface area contributed by atoms with E-state index in [4.69, 9.17) is 0 Å². The van der Waals surface area contributed by atoms with E-state index in [1.807, 2.05) is 32.9 Å². The molecule has 1 heterocycles. The third-order valence-electron chi connectivity index (χ3n) is 4.10. The molecular weight excluding hydrogens is 382 g/mol. The first-order valence-electron chi connectivity index (χ1n) is 9.83. The van der Waals surface area contributed by atoms with E-state index in [2.05, 4.69) is 20.9 Å². The van der Waals surface area contributed by atoms with Gasteiger partial charge in [0.1, 0.15) is 5.82 Å². The molecular formula is C22H29N5O3. The highest BCUT2D eigenvalue weighted by Crippen LogP contribution is 2.15. The van der Waals surface area contributed by atoms with E-state index in [9.17, 15) is 14.4 Å². The molecule has 0 bridgehead atoms. The van der Waals surface area contributed by atoms with Crippen LogP contribution in [0.2, 0.25) is 0 Å². The number of nitrogens with one attached hydrogen (secondary N) is 3. The van der Waals surface area contributed by atoms with Gasteiger partial charge < -0.3 is 16.0 Å². The number of pyridine rings is 1. The number of hydrogen-bond donors (Lipinski definition) is 3. The second-order valence-corrected chi connectivity index (χ2v) is 7.58. The fourth-order valence-corrected chi connectivity index (χ4v) is 2.71. The van der Waals surface area contributed by atoms with Gasteiger partial charge in [0.15, 0.2) is 0 Å². The van der Waals surface area contributed by atoms with Crippen molar-refractivity contribution in [1.82, 2.24) is 15.2 Å². The summed E-state index contributed by atoms with van der Waals surface area (Å²) < 4.78 is 0. The molecule has 3 amide bonds. The predicted molar refractivity (Wildman–Crippen MR) is 117 cm³/mol. The molecule has 8 nitrogen and oxygen atoms in total. The number of carbonyl (C=O) groups is 3. The molecule has 0 aliphatic heterocycles. The maximum atomic E-state index is 12.4. The van der Waals surface area contributed by atoms with Crippen molar-refractivity contribution in [2.24, 2.45) is 5.92 Å². The summed E-state index contributed by atoms with van der Waals surface area (Å²) in [7, 11) is 1.67. The van der Waals surface area contributed by atoms with Crippen LogP contribution in [0.1, 0.15) is 29.9 Å². The molecule has 2 rings (SSSR count). The van der Waals surface area contributed by atoms with Crippen LogP contribution in [0.25, 0.3) is 0 Å². The van der Waals surface area contributed by atoms with E-state index in [1.54, 1.807) is 42.3 Å². The second-order valence-electron chi connectivity index (χ2n) is 7.58. The Morgan fingerprint density at radius 3 is 2.30 bits per heavy atom. The fraction of sp³-hybridized carbons (Fsp3) is 0.364. The summed E-state index contributed by atoms with van der Waals surface area (Å²) in [5.41, 5.74) is 1.64. The van der Waals surface area contributed by atoms with Crippen LogP contribution in [0.15, 0.2) is 42.5 Å². The lowest BCUT2D eigenvalue weighted by molar-refractivity contribution is -0.119. The minimum absolute atomic E-state index is 0.00336. The molecule has 0 atom stereocenters. The molecule has 0 radical (unpaired) electrons. The zero-order chi connectivity index (χ0) is 22.1. The number of para-hydroxylation sites is 1. The molecule has 0 spiro atoms. The molecule has 160 valence electrons. The molecule has 0 aliphatic rings. The van der Waals surface area contributed by atoms with Crippen LogP contribution < -0.4 is 16.0 Å². The van der Waals surface area contributed by atoms with Gasteiger partial charge in [0.25, 0.3) is 5.91 Å². The first-order valence-corrected chi connectivity index (χ1v) is 9.83. The van der Waals surface area contributed by atoms with E-state index in [-0.39, 0.29) is 30.8 Å². The van der Waals surface area contributed by atoms with E-state index in [0.717, 1.165) is 5.69 Å². The standard InChI is InChI=1S/C22H29N5O3/c1-15(2)12-23-22(30)17-9-5-6-10-18(17)25-20(28)13-27(4)14-21(29)26-19-11-7-8-16(3)24-19/h5-11,15H,12-14H2,1-4H3,(H,23,30)(H,25,28)(H,24,26,29). The number of aromatic nitrogens is 1. The fourth-order valence-electron chi connectivity index (χ4n) is 2.71. The lowest BCUT2D eigenvalue weighted by Gasteiger charge is -2.17. The summed E-state index contributed by atoms with van der Waals surface area (Å²) >= 11 is 0. The van der Waals surface area contributed by atoms with Gasteiger partial charge in [-0.1, -0.05) is 32.0 Å². The Morgan fingerprint density at radius 1 is 0.967 bits per heavy atom. The number of aryl methyl sites for hydroxylation is 1. The third-order valence-corrected chi connectivity index (χ3v) is 4.10. The predicted octanol–water partition coefficient (Wildman–Crippen LogP) is 2.28. The number of benzene rings is 1. The Balaban J connectivity index is 1.89. The molecule has 1 aromatic carbocycles. The van der Waals surface area contributed by atoms with Crippen molar-refractivity contribution in [1.29, 1.82) is 0 Å². The maximum Gasteiger partial charge on any atom is 0.253 e. The Morgan fingerprint density at radius 2 is 1.63 bits per heavy atom. The van der Waals surface area contributed by atoms with Crippen LogP contribution >= 0.6 is 0 Å². The van der Waals surface area contributed by atoms with Crippen molar-refractivity contribution in [2.45, 2.75) is 20.8 Å². The number of rotatable bonds is 9. The first-order chi connectivity index (χ1) is 14.2. The van der Waals surface area contributed by atoms with Gasteiger partial charge in [0, 0.05) is 12.2 Å². The minimum Gasteiger partial charge on any atom is -0.352 e. The summed E-state index contributed by atoms with van der Waals surface area (Å²) in [6, 6.07) is 12.2. The Hall–Kier alpha value is -3.26. The Bertz CT molecular complexity index is 898. The Labute approximate surface area is 177 Å². The Kier molecular flexibility index (Phi) is 8.49. The quantitative estimate of drug-likeness (QED) is 0.587. The van der Waals surface area contributed by atoms with Crippen LogP contribution in [-0.2, 0) is 9.59 Å². The van der Waals surface area contributed by atoms with Crippen LogP contribution in [0.5, 0.6) is 0 Å². The molecule has 0 saturated heterocycles. The molecule has 0 saturated carbocycles. The number of nitrogens with zero attached hydrogens (tertiary/aromatic N) is 2. The van der Waals surface area contributed by atoms with E-state index in [0.29, 0.717) is 29.5 Å². The monoisotopic (exact) mass is 411 g/mol. The minimum atomic E-state index is -0.317. The average Bonchev–Trinajstić information content (AvgIpc) is 2.66. The molecule has 3 N–H and O–H groups in total. The van der Waals surface area contributed by atoms with Crippen LogP contribution in [0, 0.1) is 12.8 Å². The van der Waals surface area contributed by atoms with Crippen molar-refractivity contribution < 1.29 is 14.4 Å². The first kappa shape index (κ1) is 23.0. The molecule has 0 unspecified atom stereocenters. The van der Waals surface area contributed by atoms with Crippen molar-refractivity contribution in [3.05, 3.63) is 53.7 Å². The number of hydrogen-bond acceptors (Lipinski definition) is 5. The normalized spacial score (nSPS) is 10.7. The SMILES string of the molecule is Cc1cccc(NC(=O)CN(C)CC(=O)Nc2ccccc2C(=O)NCC(C)C)n1. The number of carbonyl (C=O) groups excluding carboxylic acids is 3. The van der Waals surface area contributed by atoms with Crippen LogP contribution in [-0.4, -0.2) is 54.3 Å². The molecule has 2 aromatic rings. The van der Waals surface area contributed by atoms with Gasteiger partial charge in [-0.05, 0) is 44.2 Å².